The molecule has 0 saturated carbocycles. The summed E-state index contributed by atoms with van der Waals surface area (Å²) in [4.78, 5) is 16.9. The molecular formula is C22H23F3N2O. The monoisotopic (exact) mass is 388 g/mol. The summed E-state index contributed by atoms with van der Waals surface area (Å²) < 4.78 is 42.2. The van der Waals surface area contributed by atoms with Crippen LogP contribution in [0, 0.1) is 17.5 Å². The molecule has 2 fully saturated rings. The maximum Gasteiger partial charge on any atom is 0.260 e. The molecule has 2 aromatic rings. The molecule has 2 aliphatic heterocycles. The first-order valence-electron chi connectivity index (χ1n) is 9.53. The van der Waals surface area contributed by atoms with E-state index in [-0.39, 0.29) is 11.4 Å². The summed E-state index contributed by atoms with van der Waals surface area (Å²) >= 11 is 0. The van der Waals surface area contributed by atoms with Crippen molar-refractivity contribution in [3.8, 4) is 0 Å². The molecule has 0 radical (unpaired) electrons. The van der Waals surface area contributed by atoms with Crippen LogP contribution in [-0.4, -0.2) is 35.0 Å². The number of nitrogens with zero attached hydrogens (tertiary/aromatic N) is 2. The first-order chi connectivity index (χ1) is 13.2. The zero-order chi connectivity index (χ0) is 20.1. The molecule has 1 unspecified atom stereocenters. The highest BCUT2D eigenvalue weighted by Crippen LogP contribution is 2.47. The standard InChI is InChI=1S/C22H23F3N2O/c1-21(2)13-22(14-27(21)16-7-3-6-15(23)12-16)10-5-11-26(22)20(28)19-17(24)8-4-9-18(19)25/h3-4,6-9,12H,5,10-11,13-14H2,1-2H3. The van der Waals surface area contributed by atoms with Crippen molar-refractivity contribution in [3.63, 3.8) is 0 Å². The van der Waals surface area contributed by atoms with Gasteiger partial charge in [-0.1, -0.05) is 12.1 Å². The summed E-state index contributed by atoms with van der Waals surface area (Å²) in [7, 11) is 0. The average Bonchev–Trinajstić information content (AvgIpc) is 3.14. The Morgan fingerprint density at radius 3 is 2.39 bits per heavy atom. The van der Waals surface area contributed by atoms with Crippen LogP contribution >= 0.6 is 0 Å². The van der Waals surface area contributed by atoms with Crippen LogP contribution in [0.3, 0.4) is 0 Å². The molecule has 3 nitrogen and oxygen atoms in total. The van der Waals surface area contributed by atoms with E-state index in [1.165, 1.54) is 18.2 Å². The molecule has 148 valence electrons. The van der Waals surface area contributed by atoms with Crippen molar-refractivity contribution in [2.24, 2.45) is 0 Å². The Balaban J connectivity index is 1.70. The predicted octanol–water partition coefficient (Wildman–Crippen LogP) is 4.77. The molecule has 0 aliphatic carbocycles. The van der Waals surface area contributed by atoms with E-state index in [1.807, 2.05) is 6.07 Å². The third kappa shape index (κ3) is 2.95. The third-order valence-corrected chi connectivity index (χ3v) is 6.08. The first kappa shape index (κ1) is 18.8. The molecule has 6 heteroatoms. The number of benzene rings is 2. The highest BCUT2D eigenvalue weighted by Gasteiger charge is 2.55. The second kappa shape index (κ2) is 6.54. The molecule has 28 heavy (non-hydrogen) atoms. The predicted molar refractivity (Wildman–Crippen MR) is 102 cm³/mol. The summed E-state index contributed by atoms with van der Waals surface area (Å²) in [5.74, 6) is -2.61. The minimum Gasteiger partial charge on any atom is -0.364 e. The molecule has 2 saturated heterocycles. The Bertz CT molecular complexity index is 909. The van der Waals surface area contributed by atoms with Crippen molar-refractivity contribution in [2.75, 3.05) is 18.0 Å². The highest BCUT2D eigenvalue weighted by molar-refractivity contribution is 5.95. The van der Waals surface area contributed by atoms with E-state index in [9.17, 15) is 18.0 Å². The molecular weight excluding hydrogens is 365 g/mol. The van der Waals surface area contributed by atoms with Gasteiger partial charge in [0.05, 0.1) is 5.54 Å². The minimum atomic E-state index is -0.841. The van der Waals surface area contributed by atoms with Gasteiger partial charge in [-0.3, -0.25) is 4.79 Å². The summed E-state index contributed by atoms with van der Waals surface area (Å²) in [5, 5.41) is 0. The zero-order valence-corrected chi connectivity index (χ0v) is 16.0. The van der Waals surface area contributed by atoms with Crippen molar-refractivity contribution in [3.05, 3.63) is 65.5 Å². The van der Waals surface area contributed by atoms with Crippen LogP contribution in [0.25, 0.3) is 0 Å². The molecule has 0 N–H and O–H groups in total. The van der Waals surface area contributed by atoms with Gasteiger partial charge in [0.25, 0.3) is 5.91 Å². The van der Waals surface area contributed by atoms with E-state index in [0.29, 0.717) is 19.5 Å². The van der Waals surface area contributed by atoms with E-state index in [0.717, 1.165) is 30.7 Å². The molecule has 0 bridgehead atoms. The quantitative estimate of drug-likeness (QED) is 0.740. The lowest BCUT2D eigenvalue weighted by Gasteiger charge is -2.35. The van der Waals surface area contributed by atoms with E-state index in [2.05, 4.69) is 18.7 Å². The van der Waals surface area contributed by atoms with Gasteiger partial charge in [-0.05, 0) is 63.4 Å². The Labute approximate surface area is 162 Å². The van der Waals surface area contributed by atoms with Gasteiger partial charge in [-0.25, -0.2) is 13.2 Å². The molecule has 2 aromatic carbocycles. The maximum atomic E-state index is 14.2. The topological polar surface area (TPSA) is 23.6 Å². The lowest BCUT2D eigenvalue weighted by Crippen LogP contribution is -2.49. The van der Waals surface area contributed by atoms with Crippen LogP contribution in [0.5, 0.6) is 0 Å². The first-order valence-corrected chi connectivity index (χ1v) is 9.53. The van der Waals surface area contributed by atoms with Crippen molar-refractivity contribution in [1.82, 2.24) is 4.90 Å². The van der Waals surface area contributed by atoms with Gasteiger partial charge in [0.15, 0.2) is 0 Å². The van der Waals surface area contributed by atoms with Gasteiger partial charge in [0.2, 0.25) is 0 Å². The number of likely N-dealkylation sites (tertiary alicyclic amines) is 1. The number of carbonyl (C=O) groups is 1. The van der Waals surface area contributed by atoms with Gasteiger partial charge in [-0.15, -0.1) is 0 Å². The molecule has 4 rings (SSSR count). The van der Waals surface area contributed by atoms with Crippen LogP contribution in [0.15, 0.2) is 42.5 Å². The van der Waals surface area contributed by atoms with E-state index in [1.54, 1.807) is 11.0 Å². The molecule has 1 atom stereocenters. The fraction of sp³-hybridized carbons (Fsp3) is 0.409. The summed E-state index contributed by atoms with van der Waals surface area (Å²) in [6.07, 6.45) is 2.18. The number of hydrogen-bond acceptors (Lipinski definition) is 2. The number of amides is 1. The fourth-order valence-electron chi connectivity index (χ4n) is 4.99. The van der Waals surface area contributed by atoms with E-state index in [4.69, 9.17) is 0 Å². The third-order valence-electron chi connectivity index (χ3n) is 6.08. The van der Waals surface area contributed by atoms with Gasteiger partial charge in [0, 0.05) is 24.3 Å². The van der Waals surface area contributed by atoms with Gasteiger partial charge < -0.3 is 9.80 Å². The van der Waals surface area contributed by atoms with Gasteiger partial charge >= 0.3 is 0 Å². The maximum absolute atomic E-state index is 14.2. The summed E-state index contributed by atoms with van der Waals surface area (Å²) in [5.41, 5.74) is -0.601. The van der Waals surface area contributed by atoms with Crippen molar-refractivity contribution < 1.29 is 18.0 Å². The number of halogens is 3. The SMILES string of the molecule is CC1(C)CC2(CCCN2C(=O)c2c(F)cccc2F)CN1c1cccc(F)c1. The van der Waals surface area contributed by atoms with E-state index < -0.39 is 28.6 Å². The van der Waals surface area contributed by atoms with E-state index >= 15 is 0 Å². The van der Waals surface area contributed by atoms with Crippen molar-refractivity contribution in [2.45, 2.75) is 44.2 Å². The lowest BCUT2D eigenvalue weighted by molar-refractivity contribution is 0.0607. The molecule has 0 aromatic heterocycles. The smallest absolute Gasteiger partial charge is 0.260 e. The Kier molecular flexibility index (Phi) is 4.40. The Hall–Kier alpha value is -2.50. The van der Waals surface area contributed by atoms with Crippen molar-refractivity contribution in [1.29, 1.82) is 0 Å². The zero-order valence-electron chi connectivity index (χ0n) is 16.0. The largest absolute Gasteiger partial charge is 0.364 e. The van der Waals surface area contributed by atoms with Crippen LogP contribution in [-0.2, 0) is 0 Å². The number of rotatable bonds is 2. The minimum absolute atomic E-state index is 0.318. The fourth-order valence-corrected chi connectivity index (χ4v) is 4.99. The molecule has 2 aliphatic rings. The van der Waals surface area contributed by atoms with Crippen molar-refractivity contribution >= 4 is 11.6 Å². The molecule has 2 heterocycles. The van der Waals surface area contributed by atoms with Crippen LogP contribution in [0.1, 0.15) is 43.5 Å². The second-order valence-corrected chi connectivity index (χ2v) is 8.44. The second-order valence-electron chi connectivity index (χ2n) is 8.44. The lowest BCUT2D eigenvalue weighted by atomic mass is 9.87. The average molecular weight is 388 g/mol. The molecule has 1 spiro atoms. The van der Waals surface area contributed by atoms with Crippen LogP contribution in [0.2, 0.25) is 0 Å². The highest BCUT2D eigenvalue weighted by atomic mass is 19.1. The Morgan fingerprint density at radius 1 is 1.04 bits per heavy atom. The summed E-state index contributed by atoms with van der Waals surface area (Å²) in [6.45, 7) is 5.07. The Morgan fingerprint density at radius 2 is 1.71 bits per heavy atom. The van der Waals surface area contributed by atoms with Crippen LogP contribution < -0.4 is 4.90 Å². The number of carbonyl (C=O) groups excluding carboxylic acids is 1. The normalized spacial score (nSPS) is 23.6. The van der Waals surface area contributed by atoms with Crippen LogP contribution in [0.4, 0.5) is 18.9 Å². The summed E-state index contributed by atoms with van der Waals surface area (Å²) in [6, 6.07) is 9.87. The van der Waals surface area contributed by atoms with Gasteiger partial charge in [0.1, 0.15) is 23.0 Å². The molecule has 1 amide bonds. The number of hydrogen-bond donors (Lipinski definition) is 0. The van der Waals surface area contributed by atoms with Gasteiger partial charge in [-0.2, -0.15) is 0 Å². The number of anilines is 1.